The normalized spacial score (nSPS) is 19.8. The fraction of sp³-hybridized carbons (Fsp3) is 0.100. The third kappa shape index (κ3) is 1.67. The highest BCUT2D eigenvalue weighted by atomic mass is 14.2. The zero-order chi connectivity index (χ0) is 14.7. The van der Waals surface area contributed by atoms with E-state index in [1.165, 1.54) is 44.1 Å². The quantitative estimate of drug-likeness (QED) is 0.552. The Kier molecular flexibility index (Phi) is 2.47. The summed E-state index contributed by atoms with van der Waals surface area (Å²) < 4.78 is 0. The van der Waals surface area contributed by atoms with Crippen molar-refractivity contribution in [2.75, 3.05) is 0 Å². The van der Waals surface area contributed by atoms with Crippen molar-refractivity contribution in [3.63, 3.8) is 0 Å². The zero-order valence-electron chi connectivity index (χ0n) is 12.5. The van der Waals surface area contributed by atoms with Gasteiger partial charge in [-0.25, -0.2) is 0 Å². The Hall–Kier alpha value is -2.21. The molecule has 2 aromatic carbocycles. The maximum absolute atomic E-state index is 2.36. The molecule has 0 N–H and O–H groups in total. The predicted octanol–water partition coefficient (Wildman–Crippen LogP) is 2.14. The van der Waals surface area contributed by atoms with E-state index in [4.69, 9.17) is 0 Å². The Balaban J connectivity index is 1.67. The largest absolute Gasteiger partial charge is 0.193 e. The van der Waals surface area contributed by atoms with Crippen LogP contribution in [0.15, 0.2) is 66.2 Å². The van der Waals surface area contributed by atoms with E-state index in [-0.39, 0.29) is 0 Å². The lowest BCUT2D eigenvalue weighted by Crippen LogP contribution is -2.24. The summed E-state index contributed by atoms with van der Waals surface area (Å²) in [5, 5.41) is 0. The molecule has 22 heavy (non-hydrogen) atoms. The van der Waals surface area contributed by atoms with Crippen LogP contribution in [0.2, 0.25) is 0 Å². The van der Waals surface area contributed by atoms with Crippen LogP contribution in [0.1, 0.15) is 12.5 Å². The van der Waals surface area contributed by atoms with Gasteiger partial charge in [0.05, 0.1) is 0 Å². The van der Waals surface area contributed by atoms with Gasteiger partial charge < -0.3 is 0 Å². The minimum atomic E-state index is 0.507. The van der Waals surface area contributed by atoms with Crippen LogP contribution in [0.4, 0.5) is 0 Å². The van der Waals surface area contributed by atoms with Gasteiger partial charge in [0, 0.05) is 0 Å². The summed E-state index contributed by atoms with van der Waals surface area (Å²) in [6.07, 6.45) is 9.11. The molecule has 2 radical (unpaired) electrons. The fourth-order valence-corrected chi connectivity index (χ4v) is 3.67. The average Bonchev–Trinajstić information content (AvgIpc) is 2.99. The molecule has 0 aromatic heterocycles. The molecule has 0 fully saturated rings. The van der Waals surface area contributed by atoms with Crippen molar-refractivity contribution in [1.82, 2.24) is 0 Å². The Labute approximate surface area is 132 Å². The topological polar surface area (TPSA) is 0 Å². The number of fused-ring (bicyclic) bond motifs is 5. The molecule has 0 saturated heterocycles. The van der Waals surface area contributed by atoms with Gasteiger partial charge in [0.15, 0.2) is 14.6 Å². The van der Waals surface area contributed by atoms with E-state index in [1.807, 2.05) is 0 Å². The first-order valence-electron chi connectivity index (χ1n) is 7.87. The van der Waals surface area contributed by atoms with Crippen LogP contribution in [-0.4, -0.2) is 14.6 Å². The van der Waals surface area contributed by atoms with Crippen LogP contribution < -0.4 is 16.4 Å². The molecular weight excluding hydrogens is 262 g/mol. The summed E-state index contributed by atoms with van der Waals surface area (Å²) in [5.41, 5.74) is 10.8. The summed E-state index contributed by atoms with van der Waals surface area (Å²) >= 11 is 0. The molecule has 0 unspecified atom stereocenters. The second-order valence-corrected chi connectivity index (χ2v) is 6.35. The highest BCUT2D eigenvalue weighted by Crippen LogP contribution is 2.30. The zero-order valence-corrected chi connectivity index (χ0v) is 12.5. The van der Waals surface area contributed by atoms with Gasteiger partial charge in [-0.05, 0) is 28.2 Å². The van der Waals surface area contributed by atoms with Gasteiger partial charge in [0.2, 0.25) is 0 Å². The first-order chi connectivity index (χ1) is 10.8. The van der Waals surface area contributed by atoms with Gasteiger partial charge in [-0.15, -0.1) is 0 Å². The van der Waals surface area contributed by atoms with Crippen molar-refractivity contribution < 1.29 is 0 Å². The molecule has 2 heteroatoms. The van der Waals surface area contributed by atoms with Crippen molar-refractivity contribution in [3.8, 4) is 11.1 Å². The summed E-state index contributed by atoms with van der Waals surface area (Å²) in [7, 11) is 4.63. The SMILES string of the molecule is C[C@H]1C=CC2=C(C=C1)c1cc3c(cc1[B]2)-c1ccccc1[B]3. The molecule has 100 valence electrons. The number of benzene rings is 2. The van der Waals surface area contributed by atoms with Gasteiger partial charge in [-0.1, -0.05) is 89.5 Å². The van der Waals surface area contributed by atoms with Crippen LogP contribution in [0.3, 0.4) is 0 Å². The van der Waals surface area contributed by atoms with Gasteiger partial charge in [0.25, 0.3) is 0 Å². The lowest BCUT2D eigenvalue weighted by atomic mass is 9.64. The highest BCUT2D eigenvalue weighted by molar-refractivity contribution is 6.74. The van der Waals surface area contributed by atoms with Crippen molar-refractivity contribution in [1.29, 1.82) is 0 Å². The van der Waals surface area contributed by atoms with E-state index < -0.39 is 0 Å². The van der Waals surface area contributed by atoms with E-state index in [2.05, 4.69) is 82.2 Å². The van der Waals surface area contributed by atoms with Crippen molar-refractivity contribution >= 4 is 36.5 Å². The maximum Gasteiger partial charge on any atom is 0.193 e. The molecule has 5 rings (SSSR count). The standard InChI is InChI=1S/C20H14B2/c1-12-6-8-14-16-11-19-15(10-20(16)22-18(14)9-7-12)13-4-2-3-5-17(13)21-19/h2-12H,1H3/t12-/m1/s1. The van der Waals surface area contributed by atoms with Crippen LogP contribution in [0.25, 0.3) is 16.7 Å². The van der Waals surface area contributed by atoms with Gasteiger partial charge in [-0.3, -0.25) is 0 Å². The molecule has 0 nitrogen and oxygen atoms in total. The van der Waals surface area contributed by atoms with Crippen molar-refractivity contribution in [3.05, 3.63) is 71.7 Å². The van der Waals surface area contributed by atoms with Crippen LogP contribution >= 0.6 is 0 Å². The summed E-state index contributed by atoms with van der Waals surface area (Å²) in [4.78, 5) is 0. The molecule has 2 heterocycles. The Morgan fingerprint density at radius 2 is 1.55 bits per heavy atom. The lowest BCUT2D eigenvalue weighted by molar-refractivity contribution is 0.942. The molecule has 3 aliphatic rings. The smallest absolute Gasteiger partial charge is 0.0784 e. The molecule has 0 saturated carbocycles. The van der Waals surface area contributed by atoms with E-state index >= 15 is 0 Å². The lowest BCUT2D eigenvalue weighted by Gasteiger charge is -2.08. The Morgan fingerprint density at radius 3 is 2.50 bits per heavy atom. The van der Waals surface area contributed by atoms with E-state index in [1.54, 1.807) is 0 Å². The fourth-order valence-electron chi connectivity index (χ4n) is 3.67. The Bertz CT molecular complexity index is 900. The summed E-state index contributed by atoms with van der Waals surface area (Å²) in [6, 6.07) is 13.4. The van der Waals surface area contributed by atoms with Crippen LogP contribution in [0.5, 0.6) is 0 Å². The predicted molar refractivity (Wildman–Crippen MR) is 96.7 cm³/mol. The summed E-state index contributed by atoms with van der Waals surface area (Å²) in [5.74, 6) is 0.507. The van der Waals surface area contributed by atoms with Crippen molar-refractivity contribution in [2.45, 2.75) is 6.92 Å². The number of rotatable bonds is 0. The molecule has 0 bridgehead atoms. The van der Waals surface area contributed by atoms with Crippen LogP contribution in [-0.2, 0) is 0 Å². The molecule has 0 spiro atoms. The maximum atomic E-state index is 2.36. The number of allylic oxidation sites excluding steroid dienone is 6. The number of hydrogen-bond donors (Lipinski definition) is 0. The third-order valence-corrected chi connectivity index (χ3v) is 4.84. The third-order valence-electron chi connectivity index (χ3n) is 4.84. The first-order valence-corrected chi connectivity index (χ1v) is 7.87. The van der Waals surface area contributed by atoms with Gasteiger partial charge >= 0.3 is 0 Å². The highest BCUT2D eigenvalue weighted by Gasteiger charge is 2.26. The molecule has 2 aromatic rings. The number of hydrogen-bond acceptors (Lipinski definition) is 0. The molecule has 1 aliphatic carbocycles. The van der Waals surface area contributed by atoms with E-state index in [0.29, 0.717) is 5.92 Å². The molecule has 2 aliphatic heterocycles. The molecule has 1 atom stereocenters. The van der Waals surface area contributed by atoms with Crippen LogP contribution in [0, 0.1) is 5.92 Å². The Morgan fingerprint density at radius 1 is 0.773 bits per heavy atom. The summed E-state index contributed by atoms with van der Waals surface area (Å²) in [6.45, 7) is 2.23. The van der Waals surface area contributed by atoms with Crippen molar-refractivity contribution in [2.24, 2.45) is 5.92 Å². The van der Waals surface area contributed by atoms with E-state index in [9.17, 15) is 0 Å². The minimum Gasteiger partial charge on any atom is -0.0784 e. The second kappa shape index (κ2) is 4.39. The van der Waals surface area contributed by atoms with Gasteiger partial charge in [-0.2, -0.15) is 0 Å². The second-order valence-electron chi connectivity index (χ2n) is 6.35. The van der Waals surface area contributed by atoms with E-state index in [0.717, 1.165) is 0 Å². The molecular formula is C20H14B2. The molecule has 0 amide bonds. The first kappa shape index (κ1) is 12.3. The average molecular weight is 276 g/mol. The minimum absolute atomic E-state index is 0.507. The monoisotopic (exact) mass is 276 g/mol. The van der Waals surface area contributed by atoms with Gasteiger partial charge in [0.1, 0.15) is 0 Å².